The molecule has 0 saturated heterocycles. The summed E-state index contributed by atoms with van der Waals surface area (Å²) < 4.78 is 34.4. The van der Waals surface area contributed by atoms with Gasteiger partial charge in [-0.05, 0) is 19.1 Å². The molecule has 142 valence electrons. The van der Waals surface area contributed by atoms with E-state index in [2.05, 4.69) is 25.5 Å². The summed E-state index contributed by atoms with van der Waals surface area (Å²) in [6.45, 7) is 1.98. The molecule has 0 radical (unpaired) electrons. The Morgan fingerprint density at radius 1 is 1.18 bits per heavy atom. The first-order chi connectivity index (χ1) is 13.6. The van der Waals surface area contributed by atoms with E-state index in [0.29, 0.717) is 11.5 Å². The Kier molecular flexibility index (Phi) is 4.56. The van der Waals surface area contributed by atoms with E-state index in [1.807, 2.05) is 19.1 Å². The van der Waals surface area contributed by atoms with Gasteiger partial charge < -0.3 is 10.1 Å². The lowest BCUT2D eigenvalue weighted by molar-refractivity contribution is 0.400. The number of rotatable bonds is 5. The Labute approximate surface area is 159 Å². The molecule has 3 aromatic heterocycles. The van der Waals surface area contributed by atoms with Gasteiger partial charge in [-0.2, -0.15) is 0 Å². The number of aryl methyl sites for hydroxylation is 1. The summed E-state index contributed by atoms with van der Waals surface area (Å²) in [6, 6.07) is 5.67. The van der Waals surface area contributed by atoms with Crippen LogP contribution in [0.2, 0.25) is 0 Å². The molecular formula is C19H16F2N6O. The van der Waals surface area contributed by atoms with Crippen molar-refractivity contribution in [3.8, 4) is 16.9 Å². The first-order valence-corrected chi connectivity index (χ1v) is 8.44. The van der Waals surface area contributed by atoms with Gasteiger partial charge >= 0.3 is 0 Å². The number of hydrogen-bond acceptors (Lipinski definition) is 6. The zero-order valence-corrected chi connectivity index (χ0v) is 15.1. The number of nitrogens with zero attached hydrogens (tertiary/aromatic N) is 5. The van der Waals surface area contributed by atoms with Crippen LogP contribution in [0.5, 0.6) is 5.75 Å². The van der Waals surface area contributed by atoms with Crippen LogP contribution in [-0.2, 0) is 6.54 Å². The lowest BCUT2D eigenvalue weighted by Gasteiger charge is -2.14. The molecule has 28 heavy (non-hydrogen) atoms. The number of pyridine rings is 1. The number of ether oxygens (including phenoxy) is 1. The molecule has 3 heterocycles. The second kappa shape index (κ2) is 7.18. The van der Waals surface area contributed by atoms with E-state index in [0.717, 1.165) is 29.0 Å². The summed E-state index contributed by atoms with van der Waals surface area (Å²) in [5.74, 6) is -0.593. The van der Waals surface area contributed by atoms with Crippen LogP contribution < -0.4 is 10.1 Å². The lowest BCUT2D eigenvalue weighted by Crippen LogP contribution is -2.08. The number of hydrogen-bond donors (Lipinski definition) is 1. The third-order valence-electron chi connectivity index (χ3n) is 4.44. The molecule has 7 nitrogen and oxygen atoms in total. The van der Waals surface area contributed by atoms with Gasteiger partial charge in [-0.3, -0.25) is 4.40 Å². The molecular weight excluding hydrogens is 366 g/mol. The zero-order chi connectivity index (χ0) is 19.7. The fourth-order valence-corrected chi connectivity index (χ4v) is 3.03. The minimum Gasteiger partial charge on any atom is -0.496 e. The molecule has 0 aliphatic rings. The van der Waals surface area contributed by atoms with Crippen molar-refractivity contribution in [3.63, 3.8) is 0 Å². The first-order valence-electron chi connectivity index (χ1n) is 8.44. The monoisotopic (exact) mass is 382 g/mol. The predicted octanol–water partition coefficient (Wildman–Crippen LogP) is 3.39. The van der Waals surface area contributed by atoms with Crippen LogP contribution in [-0.4, -0.2) is 31.7 Å². The van der Waals surface area contributed by atoms with Gasteiger partial charge in [0.2, 0.25) is 0 Å². The van der Waals surface area contributed by atoms with Crippen molar-refractivity contribution in [2.75, 3.05) is 12.4 Å². The van der Waals surface area contributed by atoms with Crippen LogP contribution in [0, 0.1) is 18.6 Å². The van der Waals surface area contributed by atoms with E-state index in [9.17, 15) is 8.78 Å². The lowest BCUT2D eigenvalue weighted by atomic mass is 10.1. The quantitative estimate of drug-likeness (QED) is 0.570. The highest BCUT2D eigenvalue weighted by molar-refractivity contribution is 5.79. The second-order valence-electron chi connectivity index (χ2n) is 6.10. The van der Waals surface area contributed by atoms with Gasteiger partial charge in [-0.15, -0.1) is 10.2 Å². The fourth-order valence-electron chi connectivity index (χ4n) is 3.03. The smallest absolute Gasteiger partial charge is 0.170 e. The zero-order valence-electron chi connectivity index (χ0n) is 15.1. The highest BCUT2D eigenvalue weighted by Gasteiger charge is 2.15. The Bertz CT molecular complexity index is 1160. The van der Waals surface area contributed by atoms with E-state index in [-0.39, 0.29) is 17.9 Å². The molecule has 9 heteroatoms. The number of benzene rings is 1. The molecule has 0 aliphatic heterocycles. The summed E-state index contributed by atoms with van der Waals surface area (Å²) in [4.78, 5) is 8.29. The van der Waals surface area contributed by atoms with Gasteiger partial charge in [-0.1, -0.05) is 0 Å². The summed E-state index contributed by atoms with van der Waals surface area (Å²) in [5.41, 5.74) is 3.32. The van der Waals surface area contributed by atoms with Crippen molar-refractivity contribution >= 4 is 11.5 Å². The Balaban J connectivity index is 1.70. The van der Waals surface area contributed by atoms with Gasteiger partial charge in [0, 0.05) is 47.3 Å². The molecule has 4 aromatic rings. The Morgan fingerprint density at radius 2 is 2.04 bits per heavy atom. The van der Waals surface area contributed by atoms with Gasteiger partial charge in [0.1, 0.15) is 35.9 Å². The van der Waals surface area contributed by atoms with Crippen molar-refractivity contribution in [2.24, 2.45) is 0 Å². The average molecular weight is 382 g/mol. The average Bonchev–Trinajstić information content (AvgIpc) is 3.17. The number of fused-ring (bicyclic) bond motifs is 1. The van der Waals surface area contributed by atoms with Crippen LogP contribution in [0.3, 0.4) is 0 Å². The number of methoxy groups -OCH3 is 1. The third kappa shape index (κ3) is 3.11. The Hall–Kier alpha value is -3.62. The largest absolute Gasteiger partial charge is 0.496 e. The van der Waals surface area contributed by atoms with Crippen LogP contribution in [0.15, 0.2) is 43.1 Å². The first kappa shape index (κ1) is 17.8. The summed E-state index contributed by atoms with van der Waals surface area (Å²) in [5, 5.41) is 11.3. The molecule has 0 bridgehead atoms. The highest BCUT2D eigenvalue weighted by atomic mass is 19.1. The number of nitrogens with one attached hydrogen (secondary N) is 1. The molecule has 0 saturated carbocycles. The van der Waals surface area contributed by atoms with E-state index in [4.69, 9.17) is 4.74 Å². The highest BCUT2D eigenvalue weighted by Crippen LogP contribution is 2.28. The minimum absolute atomic E-state index is 0.0926. The summed E-state index contributed by atoms with van der Waals surface area (Å²) >= 11 is 0. The van der Waals surface area contributed by atoms with E-state index in [1.54, 1.807) is 16.9 Å². The molecule has 1 N–H and O–H groups in total. The SMILES string of the molecule is COc1cc(F)cc(F)c1CNc1ccc(-c2cncnc2C)c2nncn12. The molecule has 0 spiro atoms. The predicted molar refractivity (Wildman–Crippen MR) is 99.0 cm³/mol. The molecule has 0 unspecified atom stereocenters. The molecule has 0 aliphatic carbocycles. The summed E-state index contributed by atoms with van der Waals surface area (Å²) in [6.07, 6.45) is 4.76. The van der Waals surface area contributed by atoms with Crippen molar-refractivity contribution in [1.82, 2.24) is 24.6 Å². The van der Waals surface area contributed by atoms with Gasteiger partial charge in [0.15, 0.2) is 5.65 Å². The van der Waals surface area contributed by atoms with Crippen LogP contribution in [0.1, 0.15) is 11.3 Å². The van der Waals surface area contributed by atoms with Crippen molar-refractivity contribution in [1.29, 1.82) is 0 Å². The van der Waals surface area contributed by atoms with Gasteiger partial charge in [0.25, 0.3) is 0 Å². The van der Waals surface area contributed by atoms with E-state index in [1.165, 1.54) is 13.4 Å². The fraction of sp³-hybridized carbons (Fsp3) is 0.158. The summed E-state index contributed by atoms with van der Waals surface area (Å²) in [7, 11) is 1.37. The Morgan fingerprint density at radius 3 is 2.82 bits per heavy atom. The standard InChI is InChI=1S/C19H16F2N6O/c1-11-14(7-22-9-24-11)13-3-4-18(27-10-25-26-19(13)27)23-8-15-16(21)5-12(20)6-17(15)28-2/h3-7,9-10,23H,8H2,1-2H3. The number of anilines is 1. The number of aromatic nitrogens is 5. The maximum absolute atomic E-state index is 14.2. The molecule has 4 rings (SSSR count). The normalized spacial score (nSPS) is 11.0. The topological polar surface area (TPSA) is 77.2 Å². The van der Waals surface area contributed by atoms with E-state index >= 15 is 0 Å². The minimum atomic E-state index is -0.691. The van der Waals surface area contributed by atoms with Crippen LogP contribution >= 0.6 is 0 Å². The molecule has 0 amide bonds. The van der Waals surface area contributed by atoms with Crippen molar-refractivity contribution < 1.29 is 13.5 Å². The van der Waals surface area contributed by atoms with Crippen molar-refractivity contribution in [3.05, 3.63) is 66.0 Å². The number of halogens is 2. The van der Waals surface area contributed by atoms with Gasteiger partial charge in [0.05, 0.1) is 7.11 Å². The van der Waals surface area contributed by atoms with Crippen LogP contribution in [0.4, 0.5) is 14.6 Å². The second-order valence-corrected chi connectivity index (χ2v) is 6.10. The molecule has 0 atom stereocenters. The van der Waals surface area contributed by atoms with Crippen molar-refractivity contribution in [2.45, 2.75) is 13.5 Å². The molecule has 1 aromatic carbocycles. The van der Waals surface area contributed by atoms with Crippen LogP contribution in [0.25, 0.3) is 16.8 Å². The third-order valence-corrected chi connectivity index (χ3v) is 4.44. The van der Waals surface area contributed by atoms with E-state index < -0.39 is 11.6 Å². The molecule has 0 fully saturated rings. The maximum atomic E-state index is 14.2. The maximum Gasteiger partial charge on any atom is 0.170 e. The van der Waals surface area contributed by atoms with Gasteiger partial charge in [-0.25, -0.2) is 18.7 Å².